The number of carbonyl (C=O) groups excluding carboxylic acids is 4. The van der Waals surface area contributed by atoms with Crippen LogP contribution in [0.1, 0.15) is 159 Å². The zero-order valence-electron chi connectivity index (χ0n) is 38.7. The first-order valence-electron chi connectivity index (χ1n) is 23.9. The summed E-state index contributed by atoms with van der Waals surface area (Å²) in [7, 11) is 0. The number of rotatable bonds is 46. The van der Waals surface area contributed by atoms with Crippen molar-refractivity contribution in [2.75, 3.05) is 59.4 Å². The highest BCUT2D eigenvalue weighted by molar-refractivity contribution is 5.84. The van der Waals surface area contributed by atoms with Gasteiger partial charge in [0.05, 0.1) is 33.0 Å². The summed E-state index contributed by atoms with van der Waals surface area (Å²) in [6, 6.07) is 7.15. The highest BCUT2D eigenvalue weighted by Gasteiger charge is 2.20. The first-order valence-corrected chi connectivity index (χ1v) is 23.9. The molecular weight excluding hydrogens is 823 g/mol. The van der Waals surface area contributed by atoms with Crippen molar-refractivity contribution in [1.82, 2.24) is 16.0 Å². The van der Waals surface area contributed by atoms with Crippen molar-refractivity contribution in [3.8, 4) is 0 Å². The largest absolute Gasteiger partial charge is 0.481 e. The average molecular weight is 904 g/mol. The normalized spacial score (nSPS) is 11.5. The smallest absolute Gasteiger partial charge is 0.326 e. The van der Waals surface area contributed by atoms with E-state index in [9.17, 15) is 33.9 Å². The number of ether oxygens (including phenoxy) is 4. The Hall–Kier alpha value is -4.18. The van der Waals surface area contributed by atoms with E-state index in [1.807, 2.05) is 18.2 Å². The van der Waals surface area contributed by atoms with E-state index in [1.54, 1.807) is 0 Å². The second kappa shape index (κ2) is 41.5. The van der Waals surface area contributed by atoms with E-state index in [0.717, 1.165) is 69.8 Å². The number of amides is 3. The summed E-state index contributed by atoms with van der Waals surface area (Å²) in [5, 5.41) is 26.3. The third-order valence-electron chi connectivity index (χ3n) is 10.5. The molecule has 1 aromatic carbocycles. The summed E-state index contributed by atoms with van der Waals surface area (Å²) in [5.41, 5.74) is 2.31. The number of allylic oxidation sites excluding steroid dienone is 1. The van der Waals surface area contributed by atoms with Crippen LogP contribution in [-0.4, -0.2) is 111 Å². The van der Waals surface area contributed by atoms with Crippen LogP contribution in [0.2, 0.25) is 0 Å². The van der Waals surface area contributed by atoms with Gasteiger partial charge in [-0.15, -0.1) is 6.58 Å². The fraction of sp³-hybridized carbons (Fsp3) is 0.714. The molecule has 3 amide bonds. The van der Waals surface area contributed by atoms with E-state index < -0.39 is 18.0 Å². The SMILES string of the molecule is C=CCCCCc1ccc(CNC(=O)COCCOCCNC(=O)COCCOCCCC(=O)CC[C@H](NC(=O)CCCCCCCCCCCCCCCCC(=O)O)C(=O)O)cc1. The van der Waals surface area contributed by atoms with Gasteiger partial charge in [0.1, 0.15) is 25.0 Å². The van der Waals surface area contributed by atoms with Crippen LogP contribution in [-0.2, 0) is 60.7 Å². The second-order valence-electron chi connectivity index (χ2n) is 16.3. The molecule has 1 atom stereocenters. The van der Waals surface area contributed by atoms with Crippen LogP contribution in [0.5, 0.6) is 0 Å². The molecule has 15 nitrogen and oxygen atoms in total. The lowest BCUT2D eigenvalue weighted by Gasteiger charge is -2.14. The van der Waals surface area contributed by atoms with Gasteiger partial charge in [-0.25, -0.2) is 4.79 Å². The fourth-order valence-corrected chi connectivity index (χ4v) is 6.79. The van der Waals surface area contributed by atoms with E-state index in [2.05, 4.69) is 34.7 Å². The Morgan fingerprint density at radius 3 is 1.61 bits per heavy atom. The van der Waals surface area contributed by atoms with Gasteiger partial charge < -0.3 is 45.1 Å². The molecule has 0 aliphatic rings. The molecule has 0 saturated carbocycles. The van der Waals surface area contributed by atoms with Gasteiger partial charge in [0.2, 0.25) is 17.7 Å². The Morgan fingerprint density at radius 1 is 0.531 bits per heavy atom. The summed E-state index contributed by atoms with van der Waals surface area (Å²) < 4.78 is 21.6. The van der Waals surface area contributed by atoms with Crippen LogP contribution in [0, 0.1) is 0 Å². The molecule has 0 heterocycles. The van der Waals surface area contributed by atoms with E-state index >= 15 is 0 Å². The van der Waals surface area contributed by atoms with Crippen LogP contribution < -0.4 is 16.0 Å². The minimum absolute atomic E-state index is 0.0403. The van der Waals surface area contributed by atoms with Crippen molar-refractivity contribution in [2.45, 2.75) is 167 Å². The molecule has 0 aliphatic carbocycles. The average Bonchev–Trinajstić information content (AvgIpc) is 3.27. The molecule has 15 heteroatoms. The number of ketones is 1. The molecule has 0 saturated heterocycles. The lowest BCUT2D eigenvalue weighted by atomic mass is 10.0. The summed E-state index contributed by atoms with van der Waals surface area (Å²) in [4.78, 5) is 70.9. The fourth-order valence-electron chi connectivity index (χ4n) is 6.79. The van der Waals surface area contributed by atoms with Gasteiger partial charge in [0.15, 0.2) is 0 Å². The minimum Gasteiger partial charge on any atom is -0.481 e. The van der Waals surface area contributed by atoms with Crippen LogP contribution in [0.3, 0.4) is 0 Å². The highest BCUT2D eigenvalue weighted by atomic mass is 16.5. The lowest BCUT2D eigenvalue weighted by molar-refractivity contribution is -0.142. The number of benzene rings is 1. The van der Waals surface area contributed by atoms with Gasteiger partial charge in [-0.3, -0.25) is 24.0 Å². The topological polar surface area (TPSA) is 216 Å². The number of aryl methyl sites for hydroxylation is 1. The van der Waals surface area contributed by atoms with Crippen LogP contribution in [0.25, 0.3) is 0 Å². The molecule has 0 aromatic heterocycles. The first-order chi connectivity index (χ1) is 31.1. The van der Waals surface area contributed by atoms with Crippen molar-refractivity contribution >= 4 is 35.4 Å². The number of carbonyl (C=O) groups is 6. The summed E-state index contributed by atoms with van der Waals surface area (Å²) >= 11 is 0. The molecule has 1 aromatic rings. The van der Waals surface area contributed by atoms with Crippen LogP contribution >= 0.6 is 0 Å². The minimum atomic E-state index is -1.15. The molecule has 0 aliphatic heterocycles. The number of carboxylic acid groups (broad SMARTS) is 2. The van der Waals surface area contributed by atoms with Crippen molar-refractivity contribution in [3.05, 3.63) is 48.0 Å². The van der Waals surface area contributed by atoms with Gasteiger partial charge >= 0.3 is 11.9 Å². The van der Waals surface area contributed by atoms with E-state index in [-0.39, 0.29) is 102 Å². The van der Waals surface area contributed by atoms with Gasteiger partial charge in [-0.1, -0.05) is 107 Å². The van der Waals surface area contributed by atoms with Crippen LogP contribution in [0.15, 0.2) is 36.9 Å². The Balaban J connectivity index is 1.92. The van der Waals surface area contributed by atoms with Crippen molar-refractivity contribution < 1.29 is 57.9 Å². The Bertz CT molecular complexity index is 1410. The number of carboxylic acids is 2. The molecule has 0 unspecified atom stereocenters. The Morgan fingerprint density at radius 2 is 1.05 bits per heavy atom. The molecule has 1 rings (SSSR count). The van der Waals surface area contributed by atoms with Gasteiger partial charge in [0.25, 0.3) is 0 Å². The standard InChI is InChI=1S/C49H81N3O12/c1-2-3-4-17-21-41-25-27-42(28-26-41)38-51-47(56)40-64-37-35-62-33-31-50-46(55)39-63-36-34-61-32-20-22-43(53)29-30-44(49(59)60)52-45(54)23-18-15-13-11-9-7-5-6-8-10-12-14-16-19-24-48(57)58/h2,25-28,44H,1,3-24,29-40H2,(H,50,55)(H,51,56)(H,52,54)(H,57,58)(H,59,60)/t44-/m0/s1. The number of unbranched alkanes of at least 4 members (excludes halogenated alkanes) is 15. The van der Waals surface area contributed by atoms with Crippen LogP contribution in [0.4, 0.5) is 0 Å². The van der Waals surface area contributed by atoms with Gasteiger partial charge in [-0.05, 0) is 62.5 Å². The predicted octanol–water partition coefficient (Wildman–Crippen LogP) is 7.41. The van der Waals surface area contributed by atoms with Crippen molar-refractivity contribution in [3.63, 3.8) is 0 Å². The summed E-state index contributed by atoms with van der Waals surface area (Å²) in [5.74, 6) is -2.77. The summed E-state index contributed by atoms with van der Waals surface area (Å²) in [6.07, 6.45) is 22.8. The summed E-state index contributed by atoms with van der Waals surface area (Å²) in [6.45, 7) is 5.87. The Labute approximate surface area is 382 Å². The highest BCUT2D eigenvalue weighted by Crippen LogP contribution is 2.14. The molecule has 0 spiro atoms. The second-order valence-corrected chi connectivity index (χ2v) is 16.3. The van der Waals surface area contributed by atoms with Gasteiger partial charge in [0, 0.05) is 45.4 Å². The lowest BCUT2D eigenvalue weighted by Crippen LogP contribution is -2.41. The van der Waals surface area contributed by atoms with Crippen molar-refractivity contribution in [1.29, 1.82) is 0 Å². The maximum Gasteiger partial charge on any atom is 0.326 e. The zero-order chi connectivity index (χ0) is 46.7. The quantitative estimate of drug-likeness (QED) is 0.0320. The number of Topliss-reactive ketones (excluding diaryl/α,β-unsaturated/α-hetero) is 1. The van der Waals surface area contributed by atoms with E-state index in [1.165, 1.54) is 50.5 Å². The maximum atomic E-state index is 12.4. The first kappa shape index (κ1) is 57.8. The van der Waals surface area contributed by atoms with E-state index in [4.69, 9.17) is 24.1 Å². The molecule has 0 radical (unpaired) electrons. The number of hydrogen-bond acceptors (Lipinski definition) is 10. The van der Waals surface area contributed by atoms with Gasteiger partial charge in [-0.2, -0.15) is 0 Å². The van der Waals surface area contributed by atoms with E-state index in [0.29, 0.717) is 32.5 Å². The number of aliphatic carboxylic acids is 2. The van der Waals surface area contributed by atoms with Crippen molar-refractivity contribution in [2.24, 2.45) is 0 Å². The molecule has 0 fully saturated rings. The third-order valence-corrected chi connectivity index (χ3v) is 10.5. The molecular formula is C49H81N3O12. The number of hydrogen-bond donors (Lipinski definition) is 5. The maximum absolute atomic E-state index is 12.4. The molecule has 5 N–H and O–H groups in total. The number of nitrogens with one attached hydrogen (secondary N) is 3. The molecule has 64 heavy (non-hydrogen) atoms. The third kappa shape index (κ3) is 37.2. The molecule has 0 bridgehead atoms. The molecule has 364 valence electrons. The Kier molecular flexibility index (Phi) is 37.5. The monoisotopic (exact) mass is 904 g/mol. The predicted molar refractivity (Wildman–Crippen MR) is 247 cm³/mol. The zero-order valence-corrected chi connectivity index (χ0v) is 38.7.